The SMILES string of the molecule is CC(C)(C)CC(=O)O[C@@H]1CC[C@H](OC(=O)CC(C)(C)C)C1. The molecular weight excluding hydrogens is 268 g/mol. The van der Waals surface area contributed by atoms with Crippen LogP contribution in [0.15, 0.2) is 0 Å². The van der Waals surface area contributed by atoms with Crippen molar-refractivity contribution in [2.45, 2.75) is 85.9 Å². The summed E-state index contributed by atoms with van der Waals surface area (Å²) in [6.07, 6.45) is 2.81. The lowest BCUT2D eigenvalue weighted by Gasteiger charge is -2.20. The van der Waals surface area contributed by atoms with Gasteiger partial charge in [0.2, 0.25) is 0 Å². The zero-order chi connectivity index (χ0) is 16.3. The third-order valence-corrected chi connectivity index (χ3v) is 3.28. The lowest BCUT2D eigenvalue weighted by atomic mass is 9.92. The largest absolute Gasteiger partial charge is 0.462 e. The number of rotatable bonds is 4. The first-order valence-electron chi connectivity index (χ1n) is 7.84. The molecule has 0 bridgehead atoms. The van der Waals surface area contributed by atoms with Gasteiger partial charge in [-0.2, -0.15) is 0 Å². The molecule has 0 heterocycles. The Balaban J connectivity index is 2.33. The van der Waals surface area contributed by atoms with Gasteiger partial charge in [0.1, 0.15) is 12.2 Å². The molecule has 0 spiro atoms. The smallest absolute Gasteiger partial charge is 0.306 e. The monoisotopic (exact) mass is 298 g/mol. The van der Waals surface area contributed by atoms with E-state index >= 15 is 0 Å². The lowest BCUT2D eigenvalue weighted by Crippen LogP contribution is -2.23. The summed E-state index contributed by atoms with van der Waals surface area (Å²) in [4.78, 5) is 23.6. The van der Waals surface area contributed by atoms with Crippen molar-refractivity contribution in [3.8, 4) is 0 Å². The Morgan fingerprint density at radius 3 is 1.43 bits per heavy atom. The van der Waals surface area contributed by atoms with E-state index in [1.807, 2.05) is 41.5 Å². The van der Waals surface area contributed by atoms with E-state index in [2.05, 4.69) is 0 Å². The Labute approximate surface area is 128 Å². The molecule has 0 aliphatic heterocycles. The Morgan fingerprint density at radius 2 is 1.14 bits per heavy atom. The van der Waals surface area contributed by atoms with Crippen molar-refractivity contribution >= 4 is 11.9 Å². The average molecular weight is 298 g/mol. The van der Waals surface area contributed by atoms with Crippen molar-refractivity contribution < 1.29 is 19.1 Å². The molecule has 1 rings (SSSR count). The van der Waals surface area contributed by atoms with Gasteiger partial charge in [-0.3, -0.25) is 9.59 Å². The molecule has 1 fully saturated rings. The third-order valence-electron chi connectivity index (χ3n) is 3.28. The van der Waals surface area contributed by atoms with Crippen molar-refractivity contribution in [3.05, 3.63) is 0 Å². The maximum Gasteiger partial charge on any atom is 0.306 e. The Bertz CT molecular complexity index is 337. The number of ether oxygens (including phenoxy) is 2. The quantitative estimate of drug-likeness (QED) is 0.739. The van der Waals surface area contributed by atoms with Crippen molar-refractivity contribution in [1.82, 2.24) is 0 Å². The highest BCUT2D eigenvalue weighted by atomic mass is 16.6. The second-order valence-corrected chi connectivity index (χ2v) is 8.51. The molecule has 0 radical (unpaired) electrons. The van der Waals surface area contributed by atoms with Gasteiger partial charge in [-0.25, -0.2) is 0 Å². The first kappa shape index (κ1) is 18.0. The van der Waals surface area contributed by atoms with Gasteiger partial charge in [0, 0.05) is 6.42 Å². The minimum Gasteiger partial charge on any atom is -0.462 e. The zero-order valence-electron chi connectivity index (χ0n) is 14.3. The van der Waals surface area contributed by atoms with Crippen molar-refractivity contribution in [3.63, 3.8) is 0 Å². The minimum absolute atomic E-state index is 0.0612. The molecule has 0 unspecified atom stereocenters. The van der Waals surface area contributed by atoms with Gasteiger partial charge in [-0.1, -0.05) is 41.5 Å². The molecule has 122 valence electrons. The van der Waals surface area contributed by atoms with E-state index in [9.17, 15) is 9.59 Å². The summed E-state index contributed by atoms with van der Waals surface area (Å²) in [6.45, 7) is 12.1. The van der Waals surface area contributed by atoms with E-state index in [0.717, 1.165) is 12.8 Å². The second-order valence-electron chi connectivity index (χ2n) is 8.51. The normalized spacial score (nSPS) is 23.0. The van der Waals surface area contributed by atoms with Gasteiger partial charge in [-0.15, -0.1) is 0 Å². The summed E-state index contributed by atoms with van der Waals surface area (Å²) in [6, 6.07) is 0. The fourth-order valence-corrected chi connectivity index (χ4v) is 2.44. The minimum atomic E-state index is -0.158. The molecule has 1 saturated carbocycles. The van der Waals surface area contributed by atoms with Gasteiger partial charge < -0.3 is 9.47 Å². The number of esters is 2. The fraction of sp³-hybridized carbons (Fsp3) is 0.882. The van der Waals surface area contributed by atoms with Crippen LogP contribution >= 0.6 is 0 Å². The van der Waals surface area contributed by atoms with Crippen LogP contribution in [-0.4, -0.2) is 24.1 Å². The summed E-state index contributed by atoms with van der Waals surface area (Å²) >= 11 is 0. The van der Waals surface area contributed by atoms with Crippen LogP contribution in [0.25, 0.3) is 0 Å². The molecule has 0 aromatic rings. The number of carbonyl (C=O) groups excluding carboxylic acids is 2. The predicted molar refractivity (Wildman–Crippen MR) is 81.8 cm³/mol. The number of hydrogen-bond acceptors (Lipinski definition) is 4. The van der Waals surface area contributed by atoms with Crippen molar-refractivity contribution in [2.24, 2.45) is 10.8 Å². The molecule has 0 aromatic heterocycles. The van der Waals surface area contributed by atoms with Crippen molar-refractivity contribution in [1.29, 1.82) is 0 Å². The summed E-state index contributed by atoms with van der Waals surface area (Å²) < 4.78 is 10.9. The summed E-state index contributed by atoms with van der Waals surface area (Å²) in [5.74, 6) is -0.316. The standard InChI is InChI=1S/C17H30O4/c1-16(2,3)10-14(18)20-12-7-8-13(9-12)21-15(19)11-17(4,5)6/h12-13H,7-11H2,1-6H3/t12-,13+. The highest BCUT2D eigenvalue weighted by Gasteiger charge is 2.31. The molecule has 0 aromatic carbocycles. The zero-order valence-corrected chi connectivity index (χ0v) is 14.3. The first-order chi connectivity index (χ1) is 9.44. The summed E-state index contributed by atoms with van der Waals surface area (Å²) in [5, 5.41) is 0. The van der Waals surface area contributed by atoms with Gasteiger partial charge in [0.25, 0.3) is 0 Å². The molecule has 21 heavy (non-hydrogen) atoms. The van der Waals surface area contributed by atoms with E-state index in [1.165, 1.54) is 0 Å². The van der Waals surface area contributed by atoms with E-state index < -0.39 is 0 Å². The van der Waals surface area contributed by atoms with Crippen LogP contribution in [0.2, 0.25) is 0 Å². The Kier molecular flexibility index (Phi) is 5.83. The van der Waals surface area contributed by atoms with Gasteiger partial charge in [0.05, 0.1) is 12.8 Å². The van der Waals surface area contributed by atoms with Crippen LogP contribution in [0.3, 0.4) is 0 Å². The molecule has 0 saturated heterocycles. The molecule has 0 N–H and O–H groups in total. The van der Waals surface area contributed by atoms with E-state index in [1.54, 1.807) is 0 Å². The van der Waals surface area contributed by atoms with E-state index in [4.69, 9.17) is 9.47 Å². The van der Waals surface area contributed by atoms with Gasteiger partial charge in [-0.05, 0) is 23.7 Å². The van der Waals surface area contributed by atoms with Crippen LogP contribution in [0.5, 0.6) is 0 Å². The third kappa shape index (κ3) is 8.08. The molecule has 2 atom stereocenters. The highest BCUT2D eigenvalue weighted by Crippen LogP contribution is 2.28. The van der Waals surface area contributed by atoms with E-state index in [-0.39, 0.29) is 35.0 Å². The number of hydrogen-bond donors (Lipinski definition) is 0. The lowest BCUT2D eigenvalue weighted by molar-refractivity contribution is -0.153. The maximum atomic E-state index is 11.8. The van der Waals surface area contributed by atoms with Crippen LogP contribution in [0.1, 0.15) is 73.6 Å². The topological polar surface area (TPSA) is 52.6 Å². The van der Waals surface area contributed by atoms with E-state index in [0.29, 0.717) is 19.3 Å². The predicted octanol–water partition coefficient (Wildman–Crippen LogP) is 3.87. The average Bonchev–Trinajstić information content (AvgIpc) is 2.58. The fourth-order valence-electron chi connectivity index (χ4n) is 2.44. The van der Waals surface area contributed by atoms with Crippen LogP contribution < -0.4 is 0 Å². The molecule has 4 heteroatoms. The second kappa shape index (κ2) is 6.80. The molecule has 1 aliphatic rings. The molecule has 4 nitrogen and oxygen atoms in total. The molecule has 1 aliphatic carbocycles. The maximum absolute atomic E-state index is 11.8. The number of carbonyl (C=O) groups is 2. The summed E-state index contributed by atoms with van der Waals surface area (Å²) in [7, 11) is 0. The molecule has 0 amide bonds. The van der Waals surface area contributed by atoms with Crippen LogP contribution in [-0.2, 0) is 19.1 Å². The highest BCUT2D eigenvalue weighted by molar-refractivity contribution is 5.71. The molecular formula is C17H30O4. The van der Waals surface area contributed by atoms with Crippen LogP contribution in [0.4, 0.5) is 0 Å². The Morgan fingerprint density at radius 1 is 0.810 bits per heavy atom. The Hall–Kier alpha value is -1.06. The van der Waals surface area contributed by atoms with Gasteiger partial charge >= 0.3 is 11.9 Å². The summed E-state index contributed by atoms with van der Waals surface area (Å²) in [5.41, 5.74) is -0.122. The van der Waals surface area contributed by atoms with Crippen LogP contribution in [0, 0.1) is 10.8 Å². The first-order valence-corrected chi connectivity index (χ1v) is 7.84. The van der Waals surface area contributed by atoms with Gasteiger partial charge in [0.15, 0.2) is 0 Å². The van der Waals surface area contributed by atoms with Crippen molar-refractivity contribution in [2.75, 3.05) is 0 Å².